The highest BCUT2D eigenvalue weighted by Gasteiger charge is 2.25. The number of carbonyl (C=O) groups excluding carboxylic acids is 1. The quantitative estimate of drug-likeness (QED) is 0.718. The van der Waals surface area contributed by atoms with Crippen LogP contribution in [0.15, 0.2) is 27.8 Å². The molecule has 0 bridgehead atoms. The number of hydrogen-bond donors (Lipinski definition) is 0. The number of hydrogen-bond acceptors (Lipinski definition) is 4. The molecule has 0 aliphatic heterocycles. The topological polar surface area (TPSA) is 59.4 Å². The molecule has 2 aromatic heterocycles. The van der Waals surface area contributed by atoms with Gasteiger partial charge in [-0.05, 0) is 37.8 Å². The predicted molar refractivity (Wildman–Crippen MR) is 92.7 cm³/mol. The van der Waals surface area contributed by atoms with Crippen molar-refractivity contribution in [1.29, 1.82) is 0 Å². The summed E-state index contributed by atoms with van der Waals surface area (Å²) in [6, 6.07) is 5.08. The van der Waals surface area contributed by atoms with Crippen LogP contribution in [0, 0.1) is 13.8 Å². The highest BCUT2D eigenvalue weighted by molar-refractivity contribution is 7.91. The molecular weight excluding hydrogens is 332 g/mol. The second-order valence-corrected chi connectivity index (χ2v) is 8.77. The zero-order valence-corrected chi connectivity index (χ0v) is 15.5. The summed E-state index contributed by atoms with van der Waals surface area (Å²) in [6.45, 7) is 6.65. The third-order valence-electron chi connectivity index (χ3n) is 3.85. The summed E-state index contributed by atoms with van der Waals surface area (Å²) < 4.78 is 28.3. The fraction of sp³-hybridized carbons (Fsp3) is 0.438. The predicted octanol–water partition coefficient (Wildman–Crippen LogP) is 3.08. The number of nitrogens with zero attached hydrogens (tertiary/aromatic N) is 2. The Hall–Kier alpha value is -1.44. The molecule has 0 N–H and O–H groups in total. The van der Waals surface area contributed by atoms with Crippen molar-refractivity contribution in [2.75, 3.05) is 13.6 Å². The number of thiophene rings is 1. The minimum atomic E-state index is -3.60. The largest absolute Gasteiger partial charge is 0.348 e. The van der Waals surface area contributed by atoms with Crippen molar-refractivity contribution in [1.82, 2.24) is 8.87 Å². The molecule has 2 rings (SSSR count). The van der Waals surface area contributed by atoms with Crippen LogP contribution in [0.1, 0.15) is 35.1 Å². The molecule has 0 aliphatic rings. The lowest BCUT2D eigenvalue weighted by atomic mass is 10.1. The molecule has 0 aromatic carbocycles. The summed E-state index contributed by atoms with van der Waals surface area (Å²) in [6.07, 6.45) is 0.983. The van der Waals surface area contributed by atoms with Gasteiger partial charge in [0, 0.05) is 30.5 Å². The average molecular weight is 354 g/mol. The van der Waals surface area contributed by atoms with E-state index in [1.165, 1.54) is 7.05 Å². The maximum absolute atomic E-state index is 12.5. The molecule has 126 valence electrons. The van der Waals surface area contributed by atoms with Crippen molar-refractivity contribution in [2.24, 2.45) is 0 Å². The first-order valence-corrected chi connectivity index (χ1v) is 9.80. The Morgan fingerprint density at radius 2 is 2.04 bits per heavy atom. The van der Waals surface area contributed by atoms with E-state index in [0.717, 1.165) is 40.0 Å². The Morgan fingerprint density at radius 3 is 2.61 bits per heavy atom. The molecule has 2 aromatic rings. The number of sulfonamides is 1. The molecule has 0 fully saturated rings. The van der Waals surface area contributed by atoms with E-state index in [2.05, 4.69) is 11.5 Å². The molecule has 0 atom stereocenters. The first-order valence-electron chi connectivity index (χ1n) is 7.48. The van der Waals surface area contributed by atoms with Gasteiger partial charge in [0.25, 0.3) is 10.0 Å². The molecule has 0 aliphatic carbocycles. The molecule has 2 heterocycles. The Kier molecular flexibility index (Phi) is 5.44. The number of aryl methyl sites for hydroxylation is 1. The number of ketones is 1. The molecule has 5 nitrogen and oxygen atoms in total. The van der Waals surface area contributed by atoms with Crippen LogP contribution in [-0.4, -0.2) is 36.7 Å². The highest BCUT2D eigenvalue weighted by Crippen LogP contribution is 2.21. The Bertz CT molecular complexity index is 790. The van der Waals surface area contributed by atoms with Gasteiger partial charge in [-0.1, -0.05) is 13.0 Å². The average Bonchev–Trinajstić information content (AvgIpc) is 3.11. The van der Waals surface area contributed by atoms with E-state index in [4.69, 9.17) is 0 Å². The first-order chi connectivity index (χ1) is 10.8. The summed E-state index contributed by atoms with van der Waals surface area (Å²) >= 11 is 1.15. The van der Waals surface area contributed by atoms with Gasteiger partial charge in [0.1, 0.15) is 4.21 Å². The third kappa shape index (κ3) is 3.57. The van der Waals surface area contributed by atoms with Crippen LogP contribution in [0.4, 0.5) is 0 Å². The lowest BCUT2D eigenvalue weighted by Crippen LogP contribution is -2.32. The molecule has 23 heavy (non-hydrogen) atoms. The van der Waals surface area contributed by atoms with Crippen LogP contribution in [-0.2, 0) is 16.6 Å². The van der Waals surface area contributed by atoms with Gasteiger partial charge in [-0.2, -0.15) is 4.31 Å². The van der Waals surface area contributed by atoms with E-state index in [0.29, 0.717) is 5.56 Å². The minimum Gasteiger partial charge on any atom is -0.348 e. The van der Waals surface area contributed by atoms with Gasteiger partial charge >= 0.3 is 0 Å². The molecule has 7 heteroatoms. The first kappa shape index (κ1) is 17.9. The number of likely N-dealkylation sites (N-methyl/N-ethyl adjacent to an activating group) is 1. The minimum absolute atomic E-state index is 0.156. The van der Waals surface area contributed by atoms with Gasteiger partial charge in [0.05, 0.1) is 6.54 Å². The molecule has 0 saturated carbocycles. The Labute approximate surface area is 141 Å². The summed E-state index contributed by atoms with van der Waals surface area (Å²) in [7, 11) is -2.16. The van der Waals surface area contributed by atoms with Gasteiger partial charge in [-0.15, -0.1) is 11.3 Å². The molecule has 0 amide bonds. The Morgan fingerprint density at radius 1 is 1.35 bits per heavy atom. The molecule has 0 unspecified atom stereocenters. The fourth-order valence-corrected chi connectivity index (χ4v) is 4.92. The van der Waals surface area contributed by atoms with Crippen LogP contribution in [0.5, 0.6) is 0 Å². The van der Waals surface area contributed by atoms with Gasteiger partial charge in [0.2, 0.25) is 0 Å². The van der Waals surface area contributed by atoms with Crippen LogP contribution in [0.25, 0.3) is 0 Å². The molecular formula is C16H22N2O3S2. The number of rotatable bonds is 7. The van der Waals surface area contributed by atoms with Gasteiger partial charge < -0.3 is 4.57 Å². The van der Waals surface area contributed by atoms with Crippen molar-refractivity contribution in [3.63, 3.8) is 0 Å². The summed E-state index contributed by atoms with van der Waals surface area (Å²) in [5, 5.41) is 1.71. The third-order valence-corrected chi connectivity index (χ3v) is 7.02. The zero-order valence-electron chi connectivity index (χ0n) is 13.9. The standard InChI is InChI=1S/C16H22N2O3S2/c1-5-8-18-12(2)10-14(13(18)3)15(19)11-17(4)23(20,21)16-7-6-9-22-16/h6-7,9-10H,5,8,11H2,1-4H3. The summed E-state index contributed by atoms with van der Waals surface area (Å²) in [4.78, 5) is 12.5. The number of aromatic nitrogens is 1. The highest BCUT2D eigenvalue weighted by atomic mass is 32.2. The second-order valence-electron chi connectivity index (χ2n) is 5.55. The van der Waals surface area contributed by atoms with Crippen LogP contribution in [0.3, 0.4) is 0 Å². The lowest BCUT2D eigenvalue weighted by Gasteiger charge is -2.15. The van der Waals surface area contributed by atoms with Crippen molar-refractivity contribution >= 4 is 27.1 Å². The van der Waals surface area contributed by atoms with E-state index < -0.39 is 10.0 Å². The van der Waals surface area contributed by atoms with Crippen molar-refractivity contribution in [3.8, 4) is 0 Å². The van der Waals surface area contributed by atoms with Crippen LogP contribution >= 0.6 is 11.3 Å². The lowest BCUT2D eigenvalue weighted by molar-refractivity contribution is 0.0972. The fourth-order valence-electron chi connectivity index (χ4n) is 2.59. The summed E-state index contributed by atoms with van der Waals surface area (Å²) in [5.41, 5.74) is 2.52. The van der Waals surface area contributed by atoms with E-state index in [-0.39, 0.29) is 16.5 Å². The van der Waals surface area contributed by atoms with Crippen molar-refractivity contribution in [3.05, 3.63) is 40.5 Å². The molecule has 0 radical (unpaired) electrons. The molecule has 0 spiro atoms. The van der Waals surface area contributed by atoms with E-state index in [1.807, 2.05) is 19.9 Å². The summed E-state index contributed by atoms with van der Waals surface area (Å²) in [5.74, 6) is -0.178. The van der Waals surface area contributed by atoms with Gasteiger partial charge in [-0.3, -0.25) is 4.79 Å². The smallest absolute Gasteiger partial charge is 0.252 e. The second kappa shape index (κ2) is 6.98. The van der Waals surface area contributed by atoms with E-state index in [1.54, 1.807) is 17.5 Å². The monoisotopic (exact) mass is 354 g/mol. The molecule has 0 saturated heterocycles. The maximum atomic E-state index is 12.5. The van der Waals surface area contributed by atoms with E-state index >= 15 is 0 Å². The Balaban J connectivity index is 2.21. The van der Waals surface area contributed by atoms with E-state index in [9.17, 15) is 13.2 Å². The van der Waals surface area contributed by atoms with Crippen LogP contribution < -0.4 is 0 Å². The number of carbonyl (C=O) groups is 1. The van der Waals surface area contributed by atoms with Crippen molar-refractivity contribution < 1.29 is 13.2 Å². The van der Waals surface area contributed by atoms with Crippen molar-refractivity contribution in [2.45, 2.75) is 37.9 Å². The van der Waals surface area contributed by atoms with Gasteiger partial charge in [0.15, 0.2) is 5.78 Å². The number of Topliss-reactive ketones (excluding diaryl/α,β-unsaturated/α-hetero) is 1. The zero-order chi connectivity index (χ0) is 17.2. The van der Waals surface area contributed by atoms with Gasteiger partial charge in [-0.25, -0.2) is 8.42 Å². The SMILES string of the molecule is CCCn1c(C)cc(C(=O)CN(C)S(=O)(=O)c2cccs2)c1C. The normalized spacial score (nSPS) is 12.0. The van der Waals surface area contributed by atoms with Crippen LogP contribution in [0.2, 0.25) is 0 Å². The maximum Gasteiger partial charge on any atom is 0.252 e.